The second-order valence-electron chi connectivity index (χ2n) is 4.47. The molecule has 18 heavy (non-hydrogen) atoms. The molecule has 2 amide bonds. The zero-order chi connectivity index (χ0) is 13.0. The summed E-state index contributed by atoms with van der Waals surface area (Å²) < 4.78 is 1.51. The van der Waals surface area contributed by atoms with Crippen LogP contribution in [0.5, 0.6) is 0 Å². The van der Waals surface area contributed by atoms with Gasteiger partial charge in [-0.25, -0.2) is 4.79 Å². The molecular formula is C12H17N5O. The van der Waals surface area contributed by atoms with Crippen molar-refractivity contribution in [2.75, 3.05) is 18.4 Å². The fraction of sp³-hybridized carbons (Fsp3) is 0.583. The van der Waals surface area contributed by atoms with Crippen molar-refractivity contribution in [2.24, 2.45) is 7.05 Å². The van der Waals surface area contributed by atoms with E-state index in [9.17, 15) is 4.79 Å². The minimum atomic E-state index is -0.142. The third-order valence-electron chi connectivity index (χ3n) is 3.18. The molecule has 0 atom stereocenters. The van der Waals surface area contributed by atoms with Gasteiger partial charge >= 0.3 is 6.03 Å². The van der Waals surface area contributed by atoms with Crippen molar-refractivity contribution in [2.45, 2.75) is 25.7 Å². The van der Waals surface area contributed by atoms with Crippen molar-refractivity contribution in [1.82, 2.24) is 14.7 Å². The van der Waals surface area contributed by atoms with Crippen LogP contribution in [0.2, 0.25) is 0 Å². The predicted octanol–water partition coefficient (Wildman–Crippen LogP) is 1.70. The number of hydrogen-bond acceptors (Lipinski definition) is 3. The zero-order valence-corrected chi connectivity index (χ0v) is 10.5. The molecule has 96 valence electrons. The van der Waals surface area contributed by atoms with Gasteiger partial charge in [0.25, 0.3) is 0 Å². The number of nitrogens with one attached hydrogen (secondary N) is 1. The van der Waals surface area contributed by atoms with Gasteiger partial charge < -0.3 is 4.90 Å². The number of carbonyl (C=O) groups is 1. The molecule has 2 rings (SSSR count). The summed E-state index contributed by atoms with van der Waals surface area (Å²) in [6.07, 6.45) is 5.91. The van der Waals surface area contributed by atoms with Crippen LogP contribution in [-0.4, -0.2) is 33.8 Å². The van der Waals surface area contributed by atoms with E-state index in [4.69, 9.17) is 5.26 Å². The lowest BCUT2D eigenvalue weighted by molar-refractivity contribution is 0.213. The summed E-state index contributed by atoms with van der Waals surface area (Å²) in [5, 5.41) is 15.7. The van der Waals surface area contributed by atoms with Crippen molar-refractivity contribution in [3.05, 3.63) is 11.8 Å². The Labute approximate surface area is 106 Å². The monoisotopic (exact) mass is 247 g/mol. The number of aryl methyl sites for hydroxylation is 1. The molecule has 0 unspecified atom stereocenters. The van der Waals surface area contributed by atoms with Gasteiger partial charge in [0.1, 0.15) is 17.5 Å². The fourth-order valence-corrected chi connectivity index (χ4v) is 2.12. The second kappa shape index (κ2) is 5.54. The first kappa shape index (κ1) is 12.4. The SMILES string of the molecule is Cn1ncc(C#N)c1NC(=O)N1CCCCCC1. The molecule has 0 radical (unpaired) electrons. The van der Waals surface area contributed by atoms with Gasteiger partial charge in [-0.05, 0) is 12.8 Å². The normalized spacial score (nSPS) is 15.9. The maximum absolute atomic E-state index is 12.1. The molecule has 1 aromatic heterocycles. The Morgan fingerprint density at radius 2 is 2.06 bits per heavy atom. The van der Waals surface area contributed by atoms with Crippen LogP contribution in [0.4, 0.5) is 10.6 Å². The topological polar surface area (TPSA) is 74.0 Å². The van der Waals surface area contributed by atoms with Crippen LogP contribution < -0.4 is 5.32 Å². The fourth-order valence-electron chi connectivity index (χ4n) is 2.12. The Bertz CT molecular complexity index is 465. The van der Waals surface area contributed by atoms with E-state index in [1.165, 1.54) is 23.7 Å². The highest BCUT2D eigenvalue weighted by Crippen LogP contribution is 2.15. The summed E-state index contributed by atoms with van der Waals surface area (Å²) in [5.41, 5.74) is 0.390. The van der Waals surface area contributed by atoms with Gasteiger partial charge in [0.05, 0.1) is 6.20 Å². The number of nitrogens with zero attached hydrogens (tertiary/aromatic N) is 4. The first-order valence-corrected chi connectivity index (χ1v) is 6.20. The van der Waals surface area contributed by atoms with E-state index >= 15 is 0 Å². The van der Waals surface area contributed by atoms with E-state index in [0.29, 0.717) is 11.4 Å². The number of aromatic nitrogens is 2. The molecule has 1 N–H and O–H groups in total. The van der Waals surface area contributed by atoms with Crippen LogP contribution >= 0.6 is 0 Å². The van der Waals surface area contributed by atoms with Crippen LogP contribution in [0, 0.1) is 11.3 Å². The summed E-state index contributed by atoms with van der Waals surface area (Å²) in [6.45, 7) is 1.57. The van der Waals surface area contributed by atoms with Crippen LogP contribution in [0.1, 0.15) is 31.2 Å². The van der Waals surface area contributed by atoms with Crippen molar-refractivity contribution in [1.29, 1.82) is 5.26 Å². The Morgan fingerprint density at radius 1 is 1.39 bits per heavy atom. The third kappa shape index (κ3) is 2.62. The number of rotatable bonds is 1. The summed E-state index contributed by atoms with van der Waals surface area (Å²) in [7, 11) is 1.71. The first-order chi connectivity index (χ1) is 8.72. The summed E-state index contributed by atoms with van der Waals surface area (Å²) in [5.74, 6) is 0.465. The smallest absolute Gasteiger partial charge is 0.323 e. The standard InChI is InChI=1S/C12H17N5O/c1-16-11(10(8-13)9-14-16)15-12(18)17-6-4-2-3-5-7-17/h9H,2-7H2,1H3,(H,15,18). The van der Waals surface area contributed by atoms with Gasteiger partial charge in [-0.1, -0.05) is 12.8 Å². The van der Waals surface area contributed by atoms with Gasteiger partial charge in [0.15, 0.2) is 0 Å². The Hall–Kier alpha value is -2.03. The van der Waals surface area contributed by atoms with Crippen molar-refractivity contribution >= 4 is 11.8 Å². The van der Waals surface area contributed by atoms with E-state index in [1.54, 1.807) is 11.9 Å². The molecule has 0 saturated carbocycles. The minimum absolute atomic E-state index is 0.142. The number of carbonyl (C=O) groups excluding carboxylic acids is 1. The average molecular weight is 247 g/mol. The Balaban J connectivity index is 2.06. The molecule has 1 aliphatic heterocycles. The predicted molar refractivity (Wildman–Crippen MR) is 67.0 cm³/mol. The highest BCUT2D eigenvalue weighted by molar-refractivity contribution is 5.89. The number of anilines is 1. The minimum Gasteiger partial charge on any atom is -0.325 e. The zero-order valence-electron chi connectivity index (χ0n) is 10.5. The van der Waals surface area contributed by atoms with Crippen LogP contribution in [0.15, 0.2) is 6.20 Å². The van der Waals surface area contributed by atoms with Gasteiger partial charge in [0, 0.05) is 20.1 Å². The van der Waals surface area contributed by atoms with Crippen molar-refractivity contribution in [3.8, 4) is 6.07 Å². The van der Waals surface area contributed by atoms with Crippen LogP contribution in [0.3, 0.4) is 0 Å². The van der Waals surface area contributed by atoms with Crippen molar-refractivity contribution in [3.63, 3.8) is 0 Å². The number of amides is 2. The number of hydrogen-bond donors (Lipinski definition) is 1. The van der Waals surface area contributed by atoms with Gasteiger partial charge in [0.2, 0.25) is 0 Å². The Kier molecular flexibility index (Phi) is 3.82. The summed E-state index contributed by atoms with van der Waals surface area (Å²) >= 11 is 0. The molecule has 1 saturated heterocycles. The number of urea groups is 1. The molecule has 6 heteroatoms. The molecule has 1 aliphatic rings. The molecule has 1 aromatic rings. The lowest BCUT2D eigenvalue weighted by atomic mass is 10.2. The quantitative estimate of drug-likeness (QED) is 0.820. The molecule has 0 bridgehead atoms. The molecule has 0 aromatic carbocycles. The van der Waals surface area contributed by atoms with Crippen LogP contribution in [-0.2, 0) is 7.05 Å². The maximum Gasteiger partial charge on any atom is 0.323 e. The summed E-state index contributed by atoms with van der Waals surface area (Å²) in [4.78, 5) is 13.9. The Morgan fingerprint density at radius 3 is 2.67 bits per heavy atom. The highest BCUT2D eigenvalue weighted by atomic mass is 16.2. The molecular weight excluding hydrogens is 230 g/mol. The van der Waals surface area contributed by atoms with E-state index in [-0.39, 0.29) is 6.03 Å². The summed E-state index contributed by atoms with van der Waals surface area (Å²) in [6, 6.07) is 1.88. The van der Waals surface area contributed by atoms with E-state index in [1.807, 2.05) is 6.07 Å². The molecule has 0 aliphatic carbocycles. The number of nitriles is 1. The maximum atomic E-state index is 12.1. The lowest BCUT2D eigenvalue weighted by Crippen LogP contribution is -2.36. The first-order valence-electron chi connectivity index (χ1n) is 6.20. The largest absolute Gasteiger partial charge is 0.325 e. The van der Waals surface area contributed by atoms with Crippen LogP contribution in [0.25, 0.3) is 0 Å². The lowest BCUT2D eigenvalue weighted by Gasteiger charge is -2.20. The van der Waals surface area contributed by atoms with E-state index in [2.05, 4.69) is 10.4 Å². The number of likely N-dealkylation sites (tertiary alicyclic amines) is 1. The molecule has 6 nitrogen and oxygen atoms in total. The van der Waals surface area contributed by atoms with Crippen molar-refractivity contribution < 1.29 is 4.79 Å². The van der Waals surface area contributed by atoms with E-state index in [0.717, 1.165) is 25.9 Å². The molecule has 0 spiro atoms. The van der Waals surface area contributed by atoms with E-state index < -0.39 is 0 Å². The second-order valence-corrected chi connectivity index (χ2v) is 4.47. The molecule has 2 heterocycles. The average Bonchev–Trinajstić information content (AvgIpc) is 2.61. The van der Waals surface area contributed by atoms with Gasteiger partial charge in [-0.2, -0.15) is 10.4 Å². The third-order valence-corrected chi connectivity index (χ3v) is 3.18. The highest BCUT2D eigenvalue weighted by Gasteiger charge is 2.18. The van der Waals surface area contributed by atoms with Gasteiger partial charge in [-0.15, -0.1) is 0 Å². The van der Waals surface area contributed by atoms with Gasteiger partial charge in [-0.3, -0.25) is 10.00 Å². The molecule has 1 fully saturated rings.